The third kappa shape index (κ3) is 4.13. The summed E-state index contributed by atoms with van der Waals surface area (Å²) >= 11 is 0. The number of carbonyl (C=O) groups excluding carboxylic acids is 1. The van der Waals surface area contributed by atoms with E-state index in [1.165, 1.54) is 16.6 Å². The van der Waals surface area contributed by atoms with Gasteiger partial charge in [-0.1, -0.05) is 12.1 Å². The summed E-state index contributed by atoms with van der Waals surface area (Å²) in [6, 6.07) is 10.8. The van der Waals surface area contributed by atoms with Crippen LogP contribution in [-0.4, -0.2) is 20.6 Å². The van der Waals surface area contributed by atoms with E-state index in [0.29, 0.717) is 22.7 Å². The summed E-state index contributed by atoms with van der Waals surface area (Å²) in [5, 5.41) is 9.19. The van der Waals surface area contributed by atoms with Gasteiger partial charge in [0.25, 0.3) is 0 Å². The zero-order valence-electron chi connectivity index (χ0n) is 16.2. The van der Waals surface area contributed by atoms with Crippen LogP contribution in [0.3, 0.4) is 0 Å². The summed E-state index contributed by atoms with van der Waals surface area (Å²) in [4.78, 5) is 16.6. The molecule has 0 aliphatic heterocycles. The Morgan fingerprint density at radius 3 is 2.65 bits per heavy atom. The molecule has 10 heteroatoms. The molecule has 0 spiro atoms. The van der Waals surface area contributed by atoms with Crippen LogP contribution in [0.1, 0.15) is 11.1 Å². The van der Waals surface area contributed by atoms with Crippen molar-refractivity contribution in [3.63, 3.8) is 0 Å². The highest BCUT2D eigenvalue weighted by Gasteiger charge is 2.30. The molecule has 2 amide bonds. The number of hydrogen-bond donors (Lipinski definition) is 3. The number of nitrogens with one attached hydrogen (secondary N) is 2. The molecule has 4 rings (SSSR count). The molecule has 2 aromatic carbocycles. The number of nitrogens with two attached hydrogens (primary N) is 1. The van der Waals surface area contributed by atoms with Gasteiger partial charge in [0.05, 0.1) is 11.8 Å². The van der Waals surface area contributed by atoms with Gasteiger partial charge in [0.15, 0.2) is 5.65 Å². The van der Waals surface area contributed by atoms with Crippen LogP contribution in [0.5, 0.6) is 0 Å². The Morgan fingerprint density at radius 1 is 1.10 bits per heavy atom. The first kappa shape index (κ1) is 20.2. The number of urea groups is 1. The van der Waals surface area contributed by atoms with Gasteiger partial charge in [-0.15, -0.1) is 0 Å². The van der Waals surface area contributed by atoms with Gasteiger partial charge in [-0.3, -0.25) is 0 Å². The first-order valence-electron chi connectivity index (χ1n) is 9.17. The normalized spacial score (nSPS) is 11.5. The highest BCUT2D eigenvalue weighted by molar-refractivity contribution is 6.00. The number of anilines is 3. The summed E-state index contributed by atoms with van der Waals surface area (Å²) < 4.78 is 40.0. The molecule has 0 fully saturated rings. The first-order valence-corrected chi connectivity index (χ1v) is 9.17. The topological polar surface area (TPSA) is 97.3 Å². The Morgan fingerprint density at radius 2 is 1.90 bits per heavy atom. The lowest BCUT2D eigenvalue weighted by atomic mass is 10.0. The molecule has 0 radical (unpaired) electrons. The van der Waals surface area contributed by atoms with Gasteiger partial charge in [0.1, 0.15) is 5.82 Å². The highest BCUT2D eigenvalue weighted by Crippen LogP contribution is 2.31. The lowest BCUT2D eigenvalue weighted by Crippen LogP contribution is -2.20. The molecule has 0 atom stereocenters. The molecule has 0 saturated heterocycles. The van der Waals surface area contributed by atoms with Crippen LogP contribution in [0.15, 0.2) is 60.9 Å². The maximum Gasteiger partial charge on any atom is 0.416 e. The van der Waals surface area contributed by atoms with Crippen LogP contribution in [0.2, 0.25) is 0 Å². The third-order valence-corrected chi connectivity index (χ3v) is 4.69. The minimum Gasteiger partial charge on any atom is -0.383 e. The van der Waals surface area contributed by atoms with E-state index < -0.39 is 17.8 Å². The number of nitrogens with zero attached hydrogens (tertiary/aromatic N) is 3. The van der Waals surface area contributed by atoms with Gasteiger partial charge in [-0.05, 0) is 48.4 Å². The molecule has 4 N–H and O–H groups in total. The van der Waals surface area contributed by atoms with Crippen LogP contribution >= 0.6 is 0 Å². The fourth-order valence-electron chi connectivity index (χ4n) is 3.14. The second-order valence-electron chi connectivity index (χ2n) is 6.85. The molecular formula is C21H17F3N6O. The van der Waals surface area contributed by atoms with Crippen molar-refractivity contribution in [2.75, 3.05) is 16.4 Å². The molecule has 31 heavy (non-hydrogen) atoms. The molecule has 158 valence electrons. The molecular weight excluding hydrogens is 409 g/mol. The minimum absolute atomic E-state index is 0.0352. The van der Waals surface area contributed by atoms with Crippen molar-refractivity contribution >= 4 is 28.9 Å². The zero-order chi connectivity index (χ0) is 22.2. The van der Waals surface area contributed by atoms with E-state index in [4.69, 9.17) is 5.73 Å². The number of rotatable bonds is 3. The summed E-state index contributed by atoms with van der Waals surface area (Å²) in [5.41, 5.74) is 8.71. The van der Waals surface area contributed by atoms with Crippen molar-refractivity contribution in [3.8, 4) is 11.1 Å². The second kappa shape index (κ2) is 7.63. The summed E-state index contributed by atoms with van der Waals surface area (Å²) in [6.45, 7) is 1.79. The number of nitrogen functional groups attached to an aromatic ring is 1. The number of carbonyl (C=O) groups is 1. The Bertz CT molecular complexity index is 1280. The smallest absolute Gasteiger partial charge is 0.383 e. The SMILES string of the molecule is Cc1cc(-c2cnc3ccnn3c2N)ccc1NC(=O)Nc1cccc(C(F)(F)F)c1. The molecule has 0 bridgehead atoms. The number of aromatic nitrogens is 3. The monoisotopic (exact) mass is 426 g/mol. The molecule has 0 aliphatic rings. The minimum atomic E-state index is -4.49. The fourth-order valence-corrected chi connectivity index (χ4v) is 3.14. The number of fused-ring (bicyclic) bond motifs is 1. The number of hydrogen-bond acceptors (Lipinski definition) is 4. The fraction of sp³-hybridized carbons (Fsp3) is 0.0952. The summed E-state index contributed by atoms with van der Waals surface area (Å²) in [5.74, 6) is 0.428. The highest BCUT2D eigenvalue weighted by atomic mass is 19.4. The molecule has 0 aliphatic carbocycles. The van der Waals surface area contributed by atoms with E-state index in [9.17, 15) is 18.0 Å². The van der Waals surface area contributed by atoms with Crippen LogP contribution in [-0.2, 0) is 6.18 Å². The largest absolute Gasteiger partial charge is 0.416 e. The van der Waals surface area contributed by atoms with E-state index >= 15 is 0 Å². The van der Waals surface area contributed by atoms with Crippen molar-refractivity contribution < 1.29 is 18.0 Å². The number of alkyl halides is 3. The number of amides is 2. The van der Waals surface area contributed by atoms with Gasteiger partial charge in [0, 0.05) is 29.2 Å². The maximum atomic E-state index is 12.8. The molecule has 4 aromatic rings. The molecule has 7 nitrogen and oxygen atoms in total. The zero-order valence-corrected chi connectivity index (χ0v) is 16.2. The van der Waals surface area contributed by atoms with Crippen LogP contribution in [0.25, 0.3) is 16.8 Å². The predicted octanol–water partition coefficient (Wildman–Crippen LogP) is 4.95. The Balaban J connectivity index is 1.52. The molecule has 2 aromatic heterocycles. The van der Waals surface area contributed by atoms with Gasteiger partial charge in [0.2, 0.25) is 0 Å². The van der Waals surface area contributed by atoms with Gasteiger partial charge in [-0.2, -0.15) is 22.8 Å². The van der Waals surface area contributed by atoms with E-state index in [0.717, 1.165) is 23.3 Å². The van der Waals surface area contributed by atoms with Crippen molar-refractivity contribution in [1.29, 1.82) is 0 Å². The summed E-state index contributed by atoms with van der Waals surface area (Å²) in [6.07, 6.45) is -1.24. The van der Waals surface area contributed by atoms with Crippen LogP contribution in [0, 0.1) is 6.92 Å². The van der Waals surface area contributed by atoms with Gasteiger partial charge < -0.3 is 16.4 Å². The number of aryl methyl sites for hydroxylation is 1. The number of halogens is 3. The standard InChI is InChI=1S/C21H17F3N6O/c1-12-9-13(16-11-26-18-7-8-27-30(18)19(16)25)5-6-17(12)29-20(31)28-15-4-2-3-14(10-15)21(22,23)24/h2-11H,25H2,1H3,(H2,28,29,31). The van der Waals surface area contributed by atoms with Crippen LogP contribution in [0.4, 0.5) is 35.2 Å². The van der Waals surface area contributed by atoms with E-state index in [1.807, 2.05) is 6.07 Å². The first-order chi connectivity index (χ1) is 14.7. The second-order valence-corrected chi connectivity index (χ2v) is 6.85. The average Bonchev–Trinajstić information content (AvgIpc) is 3.19. The quantitative estimate of drug-likeness (QED) is 0.432. The van der Waals surface area contributed by atoms with Gasteiger partial charge >= 0.3 is 12.2 Å². The van der Waals surface area contributed by atoms with Crippen molar-refractivity contribution in [2.45, 2.75) is 13.1 Å². The third-order valence-electron chi connectivity index (χ3n) is 4.69. The molecule has 2 heterocycles. The van der Waals surface area contributed by atoms with Crippen molar-refractivity contribution in [2.24, 2.45) is 0 Å². The molecule has 0 unspecified atom stereocenters. The number of benzene rings is 2. The summed E-state index contributed by atoms with van der Waals surface area (Å²) in [7, 11) is 0. The Hall–Kier alpha value is -4.08. The maximum absolute atomic E-state index is 12.8. The van der Waals surface area contributed by atoms with Crippen molar-refractivity contribution in [3.05, 3.63) is 72.1 Å². The van der Waals surface area contributed by atoms with Gasteiger partial charge in [-0.25, -0.2) is 9.78 Å². The molecule has 0 saturated carbocycles. The van der Waals surface area contributed by atoms with Crippen LogP contribution < -0.4 is 16.4 Å². The average molecular weight is 426 g/mol. The van der Waals surface area contributed by atoms with E-state index in [-0.39, 0.29) is 5.69 Å². The Kier molecular flexibility index (Phi) is 4.97. The van der Waals surface area contributed by atoms with E-state index in [1.54, 1.807) is 37.5 Å². The lowest BCUT2D eigenvalue weighted by molar-refractivity contribution is -0.137. The van der Waals surface area contributed by atoms with Crippen molar-refractivity contribution in [1.82, 2.24) is 14.6 Å². The van der Waals surface area contributed by atoms with E-state index in [2.05, 4.69) is 20.7 Å². The predicted molar refractivity (Wildman–Crippen MR) is 112 cm³/mol. The Labute approximate surface area is 174 Å². The lowest BCUT2D eigenvalue weighted by Gasteiger charge is -2.13.